The number of nitrogens with two attached hydrogens (primary N) is 3. The van der Waals surface area contributed by atoms with E-state index in [0.29, 0.717) is 0 Å². The average Bonchev–Trinajstić information content (AvgIpc) is 2.87. The SMILES string of the molecule is CCOC(=O)c1nc(Cl)sc1NC(=O)c1cc(N)/c(=N/N)n(N)n1. The molecule has 0 aromatic carbocycles. The molecule has 2 aromatic rings. The number of amides is 1. The van der Waals surface area contributed by atoms with Crippen LogP contribution in [0.15, 0.2) is 11.2 Å². The van der Waals surface area contributed by atoms with E-state index in [9.17, 15) is 9.59 Å². The molecule has 128 valence electrons. The molecule has 24 heavy (non-hydrogen) atoms. The molecule has 0 saturated heterocycles. The molecule has 0 radical (unpaired) electrons. The van der Waals surface area contributed by atoms with Crippen molar-refractivity contribution in [3.63, 3.8) is 0 Å². The predicted molar refractivity (Wildman–Crippen MR) is 87.6 cm³/mol. The Hall–Kier alpha value is -2.86. The Labute approximate surface area is 144 Å². The summed E-state index contributed by atoms with van der Waals surface area (Å²) in [6, 6.07) is 1.23. The van der Waals surface area contributed by atoms with Gasteiger partial charge in [-0.05, 0) is 13.0 Å². The summed E-state index contributed by atoms with van der Waals surface area (Å²) < 4.78 is 4.91. The lowest BCUT2D eigenvalue weighted by molar-refractivity contribution is 0.0521. The standard InChI is InChI=1S/C11H13ClN8O3S/c1-2-23-10(22)6-9(24-11(12)16-6)17-8(21)5-3-4(13)7(18-14)20(15)19-5/h3H,2,13-15H2,1H3,(H,17,21)/b18-7-. The minimum absolute atomic E-state index is 0.000373. The maximum atomic E-state index is 12.3. The van der Waals surface area contributed by atoms with E-state index in [2.05, 4.69) is 20.5 Å². The van der Waals surface area contributed by atoms with Gasteiger partial charge in [-0.25, -0.2) is 9.78 Å². The number of anilines is 2. The first-order chi connectivity index (χ1) is 11.4. The molecule has 13 heteroatoms. The van der Waals surface area contributed by atoms with Crippen LogP contribution in [-0.2, 0) is 4.74 Å². The van der Waals surface area contributed by atoms with Crippen molar-refractivity contribution in [1.29, 1.82) is 0 Å². The van der Waals surface area contributed by atoms with Crippen LogP contribution in [0.4, 0.5) is 10.7 Å². The van der Waals surface area contributed by atoms with Crippen LogP contribution in [0.5, 0.6) is 0 Å². The first kappa shape index (κ1) is 17.5. The average molecular weight is 373 g/mol. The monoisotopic (exact) mass is 372 g/mol. The highest BCUT2D eigenvalue weighted by Crippen LogP contribution is 2.29. The fourth-order valence-electron chi connectivity index (χ4n) is 1.66. The van der Waals surface area contributed by atoms with Crippen LogP contribution < -0.4 is 28.2 Å². The van der Waals surface area contributed by atoms with Crippen LogP contribution in [-0.4, -0.2) is 33.4 Å². The lowest BCUT2D eigenvalue weighted by atomic mass is 10.3. The molecule has 2 aromatic heterocycles. The molecule has 0 unspecified atom stereocenters. The van der Waals surface area contributed by atoms with Gasteiger partial charge in [0.2, 0.25) is 5.49 Å². The van der Waals surface area contributed by atoms with E-state index >= 15 is 0 Å². The van der Waals surface area contributed by atoms with Gasteiger partial charge in [0.05, 0.1) is 12.3 Å². The van der Waals surface area contributed by atoms with Crippen molar-refractivity contribution < 1.29 is 14.3 Å². The highest BCUT2D eigenvalue weighted by Gasteiger charge is 2.22. The number of carbonyl (C=O) groups is 2. The van der Waals surface area contributed by atoms with E-state index < -0.39 is 11.9 Å². The minimum Gasteiger partial charge on any atom is -0.461 e. The summed E-state index contributed by atoms with van der Waals surface area (Å²) in [6.45, 7) is 1.79. The number of thiazole rings is 1. The quantitative estimate of drug-likeness (QED) is 0.315. The predicted octanol–water partition coefficient (Wildman–Crippen LogP) is -0.508. The maximum absolute atomic E-state index is 12.3. The van der Waals surface area contributed by atoms with E-state index in [1.54, 1.807) is 6.92 Å². The summed E-state index contributed by atoms with van der Waals surface area (Å²) in [5.74, 6) is 9.27. The zero-order chi connectivity index (χ0) is 17.9. The third-order valence-corrected chi connectivity index (χ3v) is 3.71. The Kier molecular flexibility index (Phi) is 5.21. The Morgan fingerprint density at radius 3 is 2.83 bits per heavy atom. The molecule has 0 fully saturated rings. The number of esters is 1. The first-order valence-corrected chi connectivity index (χ1v) is 7.60. The van der Waals surface area contributed by atoms with Crippen LogP contribution in [0.3, 0.4) is 0 Å². The van der Waals surface area contributed by atoms with Crippen LogP contribution in [0.2, 0.25) is 4.47 Å². The third-order valence-electron chi connectivity index (χ3n) is 2.63. The van der Waals surface area contributed by atoms with Gasteiger partial charge in [-0.2, -0.15) is 9.89 Å². The summed E-state index contributed by atoms with van der Waals surface area (Å²) >= 11 is 6.69. The molecule has 0 aliphatic heterocycles. The number of aromatic nitrogens is 3. The molecule has 11 nitrogen and oxygen atoms in total. The highest BCUT2D eigenvalue weighted by atomic mass is 35.5. The van der Waals surface area contributed by atoms with Gasteiger partial charge in [0, 0.05) is 0 Å². The van der Waals surface area contributed by atoms with Gasteiger partial charge in [0.15, 0.2) is 15.9 Å². The number of nitrogens with zero attached hydrogens (tertiary/aromatic N) is 4. The number of ether oxygens (including phenoxy) is 1. The number of hydrogen-bond acceptors (Lipinski definition) is 10. The van der Waals surface area contributed by atoms with E-state index in [-0.39, 0.29) is 38.6 Å². The van der Waals surface area contributed by atoms with Crippen LogP contribution in [0, 0.1) is 0 Å². The lowest BCUT2D eigenvalue weighted by Crippen LogP contribution is -2.35. The molecule has 7 N–H and O–H groups in total. The normalized spacial score (nSPS) is 11.3. The van der Waals surface area contributed by atoms with Crippen molar-refractivity contribution in [3.8, 4) is 0 Å². The van der Waals surface area contributed by atoms with Gasteiger partial charge in [0.25, 0.3) is 5.91 Å². The molecular formula is C11H13ClN8O3S. The summed E-state index contributed by atoms with van der Waals surface area (Å²) in [5.41, 5.74) is 5.50. The van der Waals surface area contributed by atoms with Crippen molar-refractivity contribution >= 4 is 45.5 Å². The van der Waals surface area contributed by atoms with E-state index in [1.807, 2.05) is 0 Å². The Balaban J connectivity index is 2.33. The zero-order valence-electron chi connectivity index (χ0n) is 12.3. The molecule has 0 spiro atoms. The topological polar surface area (TPSA) is 177 Å². The summed E-state index contributed by atoms with van der Waals surface area (Å²) in [6.07, 6.45) is 0. The second kappa shape index (κ2) is 7.14. The smallest absolute Gasteiger partial charge is 0.360 e. The molecule has 2 rings (SSSR count). The maximum Gasteiger partial charge on any atom is 0.360 e. The van der Waals surface area contributed by atoms with Crippen molar-refractivity contribution in [2.75, 3.05) is 23.5 Å². The van der Waals surface area contributed by atoms with Crippen molar-refractivity contribution in [2.45, 2.75) is 6.92 Å². The summed E-state index contributed by atoms with van der Waals surface area (Å²) in [7, 11) is 0. The summed E-state index contributed by atoms with van der Waals surface area (Å²) in [5, 5.41) is 9.70. The molecule has 1 amide bonds. The van der Waals surface area contributed by atoms with Gasteiger partial charge in [-0.15, -0.1) is 5.10 Å². The fraction of sp³-hybridized carbons (Fsp3) is 0.182. The Morgan fingerprint density at radius 1 is 1.54 bits per heavy atom. The van der Waals surface area contributed by atoms with Gasteiger partial charge < -0.3 is 27.5 Å². The highest BCUT2D eigenvalue weighted by molar-refractivity contribution is 7.20. The van der Waals surface area contributed by atoms with Crippen molar-refractivity contribution in [3.05, 3.63) is 27.4 Å². The third kappa shape index (κ3) is 3.55. The second-order valence-corrected chi connectivity index (χ2v) is 5.78. The molecule has 2 heterocycles. The second-order valence-electron chi connectivity index (χ2n) is 4.20. The number of nitrogens with one attached hydrogen (secondary N) is 1. The van der Waals surface area contributed by atoms with Gasteiger partial charge in [0.1, 0.15) is 5.00 Å². The fourth-order valence-corrected chi connectivity index (χ4v) is 2.66. The van der Waals surface area contributed by atoms with Crippen LogP contribution >= 0.6 is 22.9 Å². The van der Waals surface area contributed by atoms with E-state index in [1.165, 1.54) is 6.07 Å². The number of carbonyl (C=O) groups excluding carboxylic acids is 2. The van der Waals surface area contributed by atoms with Gasteiger partial charge in [-0.1, -0.05) is 22.9 Å². The number of rotatable bonds is 4. The largest absolute Gasteiger partial charge is 0.461 e. The minimum atomic E-state index is -0.713. The van der Waals surface area contributed by atoms with E-state index in [4.69, 9.17) is 33.8 Å². The first-order valence-electron chi connectivity index (χ1n) is 6.41. The van der Waals surface area contributed by atoms with Crippen LogP contribution in [0.1, 0.15) is 27.9 Å². The van der Waals surface area contributed by atoms with E-state index in [0.717, 1.165) is 16.1 Å². The summed E-state index contributed by atoms with van der Waals surface area (Å²) in [4.78, 5) is 28.7. The van der Waals surface area contributed by atoms with Gasteiger partial charge >= 0.3 is 5.97 Å². The van der Waals surface area contributed by atoms with Crippen LogP contribution in [0.25, 0.3) is 0 Å². The van der Waals surface area contributed by atoms with Crippen molar-refractivity contribution in [1.82, 2.24) is 14.9 Å². The number of hydrogen-bond donors (Lipinski definition) is 4. The zero-order valence-corrected chi connectivity index (χ0v) is 13.9. The molecule has 0 bridgehead atoms. The van der Waals surface area contributed by atoms with Gasteiger partial charge in [-0.3, -0.25) is 4.79 Å². The Morgan fingerprint density at radius 2 is 2.25 bits per heavy atom. The molecule has 0 atom stereocenters. The molecular weight excluding hydrogens is 360 g/mol. The molecule has 0 aliphatic carbocycles. The lowest BCUT2D eigenvalue weighted by Gasteiger charge is -2.07. The molecule has 0 aliphatic rings. The van der Waals surface area contributed by atoms with Crippen molar-refractivity contribution in [2.24, 2.45) is 10.9 Å². The molecule has 0 saturated carbocycles. The Bertz CT molecular complexity index is 835. The number of halogens is 1. The number of nitrogen functional groups attached to an aromatic ring is 2.